The van der Waals surface area contributed by atoms with Crippen LogP contribution < -0.4 is 10.1 Å². The Morgan fingerprint density at radius 1 is 1.35 bits per heavy atom. The highest BCUT2D eigenvalue weighted by Crippen LogP contribution is 2.16. The van der Waals surface area contributed by atoms with Gasteiger partial charge in [-0.15, -0.1) is 0 Å². The smallest absolute Gasteiger partial charge is 0.220 e. The fourth-order valence-electron chi connectivity index (χ4n) is 2.37. The summed E-state index contributed by atoms with van der Waals surface area (Å²) in [5, 5.41) is 2.98. The lowest BCUT2D eigenvalue weighted by Crippen LogP contribution is -2.36. The fraction of sp³-hybridized carbons (Fsp3) is 0.444. The molecular formula is C18H25N3O2. The molecule has 0 unspecified atom stereocenters. The molecule has 1 heterocycles. The molecule has 0 saturated heterocycles. The van der Waals surface area contributed by atoms with E-state index in [1.807, 2.05) is 51.2 Å². The van der Waals surface area contributed by atoms with Crippen LogP contribution in [0.2, 0.25) is 0 Å². The summed E-state index contributed by atoms with van der Waals surface area (Å²) in [5.74, 6) is 1.90. The average Bonchev–Trinajstić information content (AvgIpc) is 2.92. The third-order valence-corrected chi connectivity index (χ3v) is 3.72. The topological polar surface area (TPSA) is 56.1 Å². The van der Waals surface area contributed by atoms with E-state index in [1.165, 1.54) is 0 Å². The summed E-state index contributed by atoms with van der Waals surface area (Å²) >= 11 is 0. The Bertz CT molecular complexity index is 637. The summed E-state index contributed by atoms with van der Waals surface area (Å²) in [6.07, 6.45) is 5.02. The van der Waals surface area contributed by atoms with Gasteiger partial charge in [0.05, 0.1) is 6.04 Å². The van der Waals surface area contributed by atoms with E-state index >= 15 is 0 Å². The Morgan fingerprint density at radius 3 is 2.83 bits per heavy atom. The molecule has 0 aliphatic heterocycles. The van der Waals surface area contributed by atoms with Crippen molar-refractivity contribution in [1.29, 1.82) is 0 Å². The second kappa shape index (κ2) is 8.36. The van der Waals surface area contributed by atoms with Gasteiger partial charge >= 0.3 is 0 Å². The number of rotatable bonds is 8. The van der Waals surface area contributed by atoms with Gasteiger partial charge in [-0.05, 0) is 38.8 Å². The van der Waals surface area contributed by atoms with Gasteiger partial charge in [0.25, 0.3) is 0 Å². The third kappa shape index (κ3) is 5.43. The van der Waals surface area contributed by atoms with Crippen LogP contribution in [0.25, 0.3) is 0 Å². The van der Waals surface area contributed by atoms with Crippen molar-refractivity contribution in [1.82, 2.24) is 14.9 Å². The summed E-state index contributed by atoms with van der Waals surface area (Å²) in [7, 11) is 0. The lowest BCUT2D eigenvalue weighted by atomic mass is 10.2. The molecular weight excluding hydrogens is 290 g/mol. The molecule has 0 fully saturated rings. The van der Waals surface area contributed by atoms with Crippen molar-refractivity contribution in [2.75, 3.05) is 6.61 Å². The molecule has 0 spiro atoms. The minimum Gasteiger partial charge on any atom is -0.491 e. The highest BCUT2D eigenvalue weighted by atomic mass is 16.5. The zero-order valence-corrected chi connectivity index (χ0v) is 14.1. The van der Waals surface area contributed by atoms with Gasteiger partial charge in [0.1, 0.15) is 18.2 Å². The maximum atomic E-state index is 12.0. The number of ether oxygens (including phenoxy) is 1. The van der Waals surface area contributed by atoms with Crippen molar-refractivity contribution in [3.8, 4) is 5.75 Å². The van der Waals surface area contributed by atoms with Crippen LogP contribution in [0.5, 0.6) is 5.75 Å². The van der Waals surface area contributed by atoms with Crippen LogP contribution in [0.15, 0.2) is 36.7 Å². The molecule has 1 amide bonds. The standard InChI is InChI=1S/C18H25N3O2/c1-14-7-4-5-8-17(14)23-13-15(2)20-18(22)9-6-11-21-12-10-19-16(21)3/h4-5,7-8,10,12,15H,6,9,11,13H2,1-3H3,(H,20,22)/t15-/m0/s1. The van der Waals surface area contributed by atoms with Gasteiger partial charge in [-0.2, -0.15) is 0 Å². The molecule has 0 aliphatic rings. The Kier molecular flexibility index (Phi) is 6.20. The molecule has 1 atom stereocenters. The van der Waals surface area contributed by atoms with E-state index in [1.54, 1.807) is 6.20 Å². The van der Waals surface area contributed by atoms with Crippen LogP contribution in [0.3, 0.4) is 0 Å². The molecule has 0 bridgehead atoms. The number of amides is 1. The third-order valence-electron chi connectivity index (χ3n) is 3.72. The average molecular weight is 315 g/mol. The second-order valence-electron chi connectivity index (χ2n) is 5.82. The first kappa shape index (κ1) is 17.1. The van der Waals surface area contributed by atoms with Gasteiger partial charge in [0, 0.05) is 25.4 Å². The molecule has 1 N–H and O–H groups in total. The number of para-hydroxylation sites is 1. The van der Waals surface area contributed by atoms with Crippen LogP contribution in [0, 0.1) is 13.8 Å². The number of benzene rings is 1. The first-order valence-electron chi connectivity index (χ1n) is 8.02. The number of carbonyl (C=O) groups is 1. The number of aryl methyl sites for hydroxylation is 3. The van der Waals surface area contributed by atoms with Crippen molar-refractivity contribution < 1.29 is 9.53 Å². The molecule has 0 aliphatic carbocycles. The number of imidazole rings is 1. The molecule has 1 aromatic carbocycles. The number of hydrogen-bond acceptors (Lipinski definition) is 3. The van der Waals surface area contributed by atoms with E-state index < -0.39 is 0 Å². The number of nitrogens with one attached hydrogen (secondary N) is 1. The molecule has 2 aromatic rings. The number of hydrogen-bond donors (Lipinski definition) is 1. The molecule has 0 radical (unpaired) electrons. The van der Waals surface area contributed by atoms with E-state index in [2.05, 4.69) is 14.9 Å². The molecule has 124 valence electrons. The van der Waals surface area contributed by atoms with E-state index in [0.717, 1.165) is 30.1 Å². The Morgan fingerprint density at radius 2 is 2.13 bits per heavy atom. The minimum absolute atomic E-state index is 0.0166. The maximum absolute atomic E-state index is 12.0. The summed E-state index contributed by atoms with van der Waals surface area (Å²) in [6, 6.07) is 7.87. The summed E-state index contributed by atoms with van der Waals surface area (Å²) in [6.45, 7) is 7.21. The van der Waals surface area contributed by atoms with Crippen molar-refractivity contribution in [2.45, 2.75) is 46.2 Å². The molecule has 1 aromatic heterocycles. The van der Waals surface area contributed by atoms with Gasteiger partial charge in [-0.3, -0.25) is 4.79 Å². The van der Waals surface area contributed by atoms with Crippen LogP contribution in [0.4, 0.5) is 0 Å². The monoisotopic (exact) mass is 315 g/mol. The Labute approximate surface area is 137 Å². The summed E-state index contributed by atoms with van der Waals surface area (Å²) < 4.78 is 7.81. The fourth-order valence-corrected chi connectivity index (χ4v) is 2.37. The van der Waals surface area contributed by atoms with Crippen LogP contribution in [0.1, 0.15) is 31.2 Å². The summed E-state index contributed by atoms with van der Waals surface area (Å²) in [4.78, 5) is 16.1. The van der Waals surface area contributed by atoms with Crippen molar-refractivity contribution in [2.24, 2.45) is 0 Å². The van der Waals surface area contributed by atoms with Gasteiger partial charge in [0.2, 0.25) is 5.91 Å². The Balaban J connectivity index is 1.66. The van der Waals surface area contributed by atoms with Crippen LogP contribution in [-0.4, -0.2) is 28.1 Å². The maximum Gasteiger partial charge on any atom is 0.220 e. The normalized spacial score (nSPS) is 12.0. The highest BCUT2D eigenvalue weighted by Gasteiger charge is 2.09. The van der Waals surface area contributed by atoms with E-state index in [4.69, 9.17) is 4.74 Å². The summed E-state index contributed by atoms with van der Waals surface area (Å²) in [5.41, 5.74) is 1.10. The van der Waals surface area contributed by atoms with E-state index in [0.29, 0.717) is 13.0 Å². The first-order chi connectivity index (χ1) is 11.1. The minimum atomic E-state index is -0.0166. The van der Waals surface area contributed by atoms with E-state index in [-0.39, 0.29) is 11.9 Å². The molecule has 0 saturated carbocycles. The lowest BCUT2D eigenvalue weighted by molar-refractivity contribution is -0.122. The van der Waals surface area contributed by atoms with Gasteiger partial charge in [-0.25, -0.2) is 4.98 Å². The zero-order valence-electron chi connectivity index (χ0n) is 14.1. The van der Waals surface area contributed by atoms with Crippen molar-refractivity contribution >= 4 is 5.91 Å². The molecule has 5 heteroatoms. The number of aromatic nitrogens is 2. The van der Waals surface area contributed by atoms with Gasteiger partial charge < -0.3 is 14.6 Å². The quantitative estimate of drug-likeness (QED) is 0.815. The second-order valence-corrected chi connectivity index (χ2v) is 5.82. The predicted molar refractivity (Wildman–Crippen MR) is 90.5 cm³/mol. The first-order valence-corrected chi connectivity index (χ1v) is 8.02. The van der Waals surface area contributed by atoms with E-state index in [9.17, 15) is 4.79 Å². The van der Waals surface area contributed by atoms with Crippen molar-refractivity contribution in [3.05, 3.63) is 48.0 Å². The highest BCUT2D eigenvalue weighted by molar-refractivity contribution is 5.76. The number of nitrogens with zero attached hydrogens (tertiary/aromatic N) is 2. The number of carbonyl (C=O) groups excluding carboxylic acids is 1. The SMILES string of the molecule is Cc1ccccc1OC[C@H](C)NC(=O)CCCn1ccnc1C. The van der Waals surface area contributed by atoms with Crippen molar-refractivity contribution in [3.63, 3.8) is 0 Å². The molecule has 5 nitrogen and oxygen atoms in total. The van der Waals surface area contributed by atoms with Crippen LogP contribution >= 0.6 is 0 Å². The molecule has 23 heavy (non-hydrogen) atoms. The lowest BCUT2D eigenvalue weighted by Gasteiger charge is -2.16. The van der Waals surface area contributed by atoms with Gasteiger partial charge in [-0.1, -0.05) is 18.2 Å². The zero-order chi connectivity index (χ0) is 16.7. The largest absolute Gasteiger partial charge is 0.491 e. The van der Waals surface area contributed by atoms with Crippen LogP contribution in [-0.2, 0) is 11.3 Å². The Hall–Kier alpha value is -2.30. The predicted octanol–water partition coefficient (Wildman–Crippen LogP) is 2.86. The molecule has 2 rings (SSSR count). The van der Waals surface area contributed by atoms with Gasteiger partial charge in [0.15, 0.2) is 0 Å².